The van der Waals surface area contributed by atoms with Gasteiger partial charge in [0.15, 0.2) is 6.61 Å². The molecule has 26 heavy (non-hydrogen) atoms. The fourth-order valence-electron chi connectivity index (χ4n) is 2.12. The van der Waals surface area contributed by atoms with Crippen LogP contribution in [0.25, 0.3) is 0 Å². The minimum Gasteiger partial charge on any atom is -0.483 e. The van der Waals surface area contributed by atoms with Crippen molar-refractivity contribution in [1.29, 1.82) is 0 Å². The number of benzene rings is 2. The molecule has 0 atom stereocenters. The second-order valence-corrected chi connectivity index (χ2v) is 6.89. The molecule has 5 nitrogen and oxygen atoms in total. The highest BCUT2D eigenvalue weighted by Gasteiger charge is 2.08. The summed E-state index contributed by atoms with van der Waals surface area (Å²) in [5.41, 5.74) is 1.15. The van der Waals surface area contributed by atoms with Crippen LogP contribution in [0.2, 0.25) is 5.02 Å². The molecule has 0 aliphatic rings. The molecule has 2 aromatic rings. The molecule has 0 saturated heterocycles. The van der Waals surface area contributed by atoms with E-state index in [0.29, 0.717) is 33.0 Å². The molecule has 2 amide bonds. The van der Waals surface area contributed by atoms with E-state index in [1.807, 2.05) is 0 Å². The number of carbonyl (C=O) groups is 2. The summed E-state index contributed by atoms with van der Waals surface area (Å²) >= 11 is 9.19. The van der Waals surface area contributed by atoms with Gasteiger partial charge in [-0.3, -0.25) is 9.59 Å². The van der Waals surface area contributed by atoms with E-state index < -0.39 is 0 Å². The third kappa shape index (κ3) is 6.35. The Bertz CT molecular complexity index is 766. The van der Waals surface area contributed by atoms with Crippen molar-refractivity contribution in [2.45, 2.75) is 19.8 Å². The molecule has 0 fully saturated rings. The number of unbranched alkanes of at least 4 members (excludes halogenated alkanes) is 1. The number of hydrogen-bond donors (Lipinski definition) is 2. The molecule has 7 heteroatoms. The van der Waals surface area contributed by atoms with E-state index in [0.717, 1.165) is 12.8 Å². The zero-order valence-electron chi connectivity index (χ0n) is 14.4. The predicted molar refractivity (Wildman–Crippen MR) is 107 cm³/mol. The molecular formula is C19H20BrClN2O3. The van der Waals surface area contributed by atoms with Crippen molar-refractivity contribution in [3.05, 3.63) is 57.5 Å². The monoisotopic (exact) mass is 438 g/mol. The predicted octanol–water partition coefficient (Wildman–Crippen LogP) is 4.65. The topological polar surface area (TPSA) is 67.4 Å². The van der Waals surface area contributed by atoms with Crippen molar-refractivity contribution in [2.24, 2.45) is 0 Å². The van der Waals surface area contributed by atoms with E-state index in [1.165, 1.54) is 0 Å². The van der Waals surface area contributed by atoms with Gasteiger partial charge in [0.05, 0.1) is 4.47 Å². The molecule has 0 spiro atoms. The minimum absolute atomic E-state index is 0.118. The third-order valence-corrected chi connectivity index (χ3v) is 4.35. The zero-order valence-corrected chi connectivity index (χ0v) is 16.7. The molecule has 2 N–H and O–H groups in total. The molecule has 0 heterocycles. The summed E-state index contributed by atoms with van der Waals surface area (Å²) in [6.45, 7) is 2.59. The maximum absolute atomic E-state index is 12.0. The lowest BCUT2D eigenvalue weighted by atomic mass is 10.2. The molecule has 0 radical (unpaired) electrons. The molecule has 0 bridgehead atoms. The Morgan fingerprint density at radius 3 is 2.54 bits per heavy atom. The summed E-state index contributed by atoms with van der Waals surface area (Å²) < 4.78 is 6.14. The highest BCUT2D eigenvalue weighted by atomic mass is 79.9. The number of rotatable bonds is 8. The third-order valence-electron chi connectivity index (χ3n) is 3.50. The maximum atomic E-state index is 12.0. The van der Waals surface area contributed by atoms with E-state index in [2.05, 4.69) is 33.5 Å². The van der Waals surface area contributed by atoms with Crippen LogP contribution >= 0.6 is 27.5 Å². The van der Waals surface area contributed by atoms with Gasteiger partial charge in [-0.1, -0.05) is 24.9 Å². The molecule has 0 aromatic heterocycles. The van der Waals surface area contributed by atoms with Gasteiger partial charge in [0.2, 0.25) is 0 Å². The summed E-state index contributed by atoms with van der Waals surface area (Å²) in [5, 5.41) is 6.15. The highest BCUT2D eigenvalue weighted by molar-refractivity contribution is 9.10. The van der Waals surface area contributed by atoms with Crippen LogP contribution in [0.3, 0.4) is 0 Å². The van der Waals surface area contributed by atoms with Crippen molar-refractivity contribution in [2.75, 3.05) is 18.5 Å². The molecule has 2 rings (SSSR count). The number of anilines is 1. The smallest absolute Gasteiger partial charge is 0.262 e. The Hall–Kier alpha value is -2.05. The van der Waals surface area contributed by atoms with Gasteiger partial charge in [-0.05, 0) is 64.8 Å². The Morgan fingerprint density at radius 1 is 1.15 bits per heavy atom. The summed E-state index contributed by atoms with van der Waals surface area (Å²) in [6.07, 6.45) is 1.98. The molecular weight excluding hydrogens is 420 g/mol. The van der Waals surface area contributed by atoms with Crippen LogP contribution in [-0.4, -0.2) is 25.0 Å². The summed E-state index contributed by atoms with van der Waals surface area (Å²) in [4.78, 5) is 23.9. The second kappa shape index (κ2) is 10.2. The quantitative estimate of drug-likeness (QED) is 0.588. The fraction of sp³-hybridized carbons (Fsp3) is 0.263. The van der Waals surface area contributed by atoms with Gasteiger partial charge in [-0.15, -0.1) is 0 Å². The Morgan fingerprint density at radius 2 is 1.88 bits per heavy atom. The Kier molecular flexibility index (Phi) is 7.94. The number of ether oxygens (including phenoxy) is 1. The second-order valence-electron chi connectivity index (χ2n) is 5.60. The van der Waals surface area contributed by atoms with Crippen molar-refractivity contribution in [1.82, 2.24) is 5.32 Å². The van der Waals surface area contributed by atoms with E-state index in [9.17, 15) is 9.59 Å². The summed E-state index contributed by atoms with van der Waals surface area (Å²) in [7, 11) is 0. The van der Waals surface area contributed by atoms with Gasteiger partial charge >= 0.3 is 0 Å². The molecule has 0 saturated carbocycles. The van der Waals surface area contributed by atoms with Gasteiger partial charge in [0.1, 0.15) is 5.75 Å². The summed E-state index contributed by atoms with van der Waals surface area (Å²) in [6, 6.07) is 11.8. The first-order valence-electron chi connectivity index (χ1n) is 8.25. The number of halogens is 2. The maximum Gasteiger partial charge on any atom is 0.262 e. The van der Waals surface area contributed by atoms with Crippen LogP contribution in [0.5, 0.6) is 5.75 Å². The van der Waals surface area contributed by atoms with Gasteiger partial charge in [-0.25, -0.2) is 0 Å². The first-order valence-corrected chi connectivity index (χ1v) is 9.42. The normalized spacial score (nSPS) is 10.3. The lowest BCUT2D eigenvalue weighted by Crippen LogP contribution is -2.24. The number of nitrogens with one attached hydrogen (secondary N) is 2. The summed E-state index contributed by atoms with van der Waals surface area (Å²) in [5.74, 6) is 0.114. The van der Waals surface area contributed by atoms with Gasteiger partial charge in [0.25, 0.3) is 11.8 Å². The standard InChI is InChI=1S/C19H20BrClN2O3/c1-2-3-10-22-19(25)13-4-7-15(8-5-13)23-18(24)12-26-17-9-6-14(21)11-16(17)20/h4-9,11H,2-3,10,12H2,1H3,(H,22,25)(H,23,24). The molecule has 2 aromatic carbocycles. The zero-order chi connectivity index (χ0) is 18.9. The van der Waals surface area contributed by atoms with E-state index in [1.54, 1.807) is 42.5 Å². The van der Waals surface area contributed by atoms with Gasteiger partial charge in [0, 0.05) is 22.8 Å². The molecule has 0 unspecified atom stereocenters. The van der Waals surface area contributed by atoms with Crippen LogP contribution in [0.15, 0.2) is 46.9 Å². The number of carbonyl (C=O) groups excluding carboxylic acids is 2. The van der Waals surface area contributed by atoms with Crippen LogP contribution < -0.4 is 15.4 Å². The lowest BCUT2D eigenvalue weighted by Gasteiger charge is -2.10. The minimum atomic E-state index is -0.299. The number of hydrogen-bond acceptors (Lipinski definition) is 3. The van der Waals surface area contributed by atoms with E-state index in [4.69, 9.17) is 16.3 Å². The Balaban J connectivity index is 1.84. The lowest BCUT2D eigenvalue weighted by molar-refractivity contribution is -0.118. The van der Waals surface area contributed by atoms with E-state index in [-0.39, 0.29) is 18.4 Å². The Labute approximate surface area is 166 Å². The van der Waals surface area contributed by atoms with Crippen LogP contribution in [0, 0.1) is 0 Å². The fourth-order valence-corrected chi connectivity index (χ4v) is 2.92. The van der Waals surface area contributed by atoms with Gasteiger partial charge in [-0.2, -0.15) is 0 Å². The SMILES string of the molecule is CCCCNC(=O)c1ccc(NC(=O)COc2ccc(Cl)cc2Br)cc1. The molecule has 0 aliphatic heterocycles. The highest BCUT2D eigenvalue weighted by Crippen LogP contribution is 2.27. The van der Waals surface area contributed by atoms with Crippen LogP contribution in [-0.2, 0) is 4.79 Å². The number of amides is 2. The van der Waals surface area contributed by atoms with Crippen LogP contribution in [0.1, 0.15) is 30.1 Å². The van der Waals surface area contributed by atoms with Crippen LogP contribution in [0.4, 0.5) is 5.69 Å². The molecule has 138 valence electrons. The average Bonchev–Trinajstić information content (AvgIpc) is 2.61. The first-order chi connectivity index (χ1) is 12.5. The van der Waals surface area contributed by atoms with Crippen molar-refractivity contribution < 1.29 is 14.3 Å². The molecule has 0 aliphatic carbocycles. The van der Waals surface area contributed by atoms with Crippen molar-refractivity contribution in [3.8, 4) is 5.75 Å². The average molecular weight is 440 g/mol. The van der Waals surface area contributed by atoms with Gasteiger partial charge < -0.3 is 15.4 Å². The first kappa shape index (κ1) is 20.3. The largest absolute Gasteiger partial charge is 0.483 e. The van der Waals surface area contributed by atoms with Crippen molar-refractivity contribution >= 4 is 45.0 Å². The van der Waals surface area contributed by atoms with Crippen molar-refractivity contribution in [3.63, 3.8) is 0 Å². The van der Waals surface area contributed by atoms with E-state index >= 15 is 0 Å².